The Morgan fingerprint density at radius 1 is 1.78 bits per heavy atom. The molecule has 0 aliphatic rings. The molecule has 0 aliphatic carbocycles. The van der Waals surface area contributed by atoms with Gasteiger partial charge in [0, 0.05) is 7.05 Å². The Bertz CT molecular complexity index is 126. The molecule has 0 bridgehead atoms. The van der Waals surface area contributed by atoms with Crippen LogP contribution >= 0.6 is 0 Å². The molecule has 0 aromatic rings. The fraction of sp³-hybridized carbons (Fsp3) is 0.667. The molecule has 9 heavy (non-hydrogen) atoms. The standard InChI is InChI=1S/C3H8N2O3S/c1-4-3(6)5-2-9(7)8/h2H2,1H3,(H,7,8)(H2,4,5,6). The predicted octanol–water partition coefficient (Wildman–Crippen LogP) is -0.905. The summed E-state index contributed by atoms with van der Waals surface area (Å²) in [5, 5.41) is 4.36. The first-order valence-corrected chi connectivity index (χ1v) is 3.47. The third kappa shape index (κ3) is 5.25. The van der Waals surface area contributed by atoms with Crippen LogP contribution in [-0.4, -0.2) is 27.7 Å². The van der Waals surface area contributed by atoms with Gasteiger partial charge in [0.2, 0.25) is 0 Å². The number of hydrogen-bond acceptors (Lipinski definition) is 2. The van der Waals surface area contributed by atoms with Crippen molar-refractivity contribution in [3.05, 3.63) is 0 Å². The average molecular weight is 152 g/mol. The van der Waals surface area contributed by atoms with E-state index in [0.29, 0.717) is 0 Å². The molecule has 3 N–H and O–H groups in total. The van der Waals surface area contributed by atoms with Crippen molar-refractivity contribution in [2.24, 2.45) is 0 Å². The second kappa shape index (κ2) is 4.28. The average Bonchev–Trinajstić information content (AvgIpc) is 1.83. The molecular formula is C3H8N2O3S. The van der Waals surface area contributed by atoms with Gasteiger partial charge in [-0.05, 0) is 0 Å². The van der Waals surface area contributed by atoms with E-state index in [-0.39, 0.29) is 5.88 Å². The van der Waals surface area contributed by atoms with Crippen molar-refractivity contribution in [1.82, 2.24) is 10.6 Å². The first-order chi connectivity index (χ1) is 4.16. The molecule has 0 fully saturated rings. The van der Waals surface area contributed by atoms with Crippen LogP contribution in [0.4, 0.5) is 4.79 Å². The Kier molecular flexibility index (Phi) is 3.98. The summed E-state index contributed by atoms with van der Waals surface area (Å²) >= 11 is -1.96. The Morgan fingerprint density at radius 2 is 2.33 bits per heavy atom. The summed E-state index contributed by atoms with van der Waals surface area (Å²) in [5.41, 5.74) is 0. The molecule has 54 valence electrons. The summed E-state index contributed by atoms with van der Waals surface area (Å²) in [4.78, 5) is 10.2. The maximum Gasteiger partial charge on any atom is 0.315 e. The summed E-state index contributed by atoms with van der Waals surface area (Å²) in [6.45, 7) is 0. The first-order valence-electron chi connectivity index (χ1n) is 2.20. The largest absolute Gasteiger partial charge is 0.341 e. The fourth-order valence-electron chi connectivity index (χ4n) is 0.216. The lowest BCUT2D eigenvalue weighted by Crippen LogP contribution is -2.34. The van der Waals surface area contributed by atoms with Gasteiger partial charge < -0.3 is 15.2 Å². The summed E-state index contributed by atoms with van der Waals surface area (Å²) in [6, 6.07) is -0.461. The maximum absolute atomic E-state index is 10.2. The van der Waals surface area contributed by atoms with Gasteiger partial charge in [-0.2, -0.15) is 0 Å². The third-order valence-electron chi connectivity index (χ3n) is 0.583. The van der Waals surface area contributed by atoms with Gasteiger partial charge in [-0.25, -0.2) is 9.00 Å². The highest BCUT2D eigenvalue weighted by molar-refractivity contribution is 7.79. The molecule has 0 radical (unpaired) electrons. The molecule has 6 heteroatoms. The number of hydrogen-bond donors (Lipinski definition) is 3. The Hall–Kier alpha value is -0.620. The van der Waals surface area contributed by atoms with Crippen LogP contribution in [0.25, 0.3) is 0 Å². The van der Waals surface area contributed by atoms with Crippen molar-refractivity contribution in [1.29, 1.82) is 0 Å². The molecule has 1 unspecified atom stereocenters. The lowest BCUT2D eigenvalue weighted by Gasteiger charge is -1.98. The number of urea groups is 1. The number of carbonyl (C=O) groups is 1. The van der Waals surface area contributed by atoms with E-state index in [9.17, 15) is 9.00 Å². The van der Waals surface area contributed by atoms with E-state index in [2.05, 4.69) is 10.6 Å². The topological polar surface area (TPSA) is 78.4 Å². The number of amides is 2. The highest BCUT2D eigenvalue weighted by Crippen LogP contribution is 1.66. The van der Waals surface area contributed by atoms with Gasteiger partial charge in [0.1, 0.15) is 5.88 Å². The zero-order valence-corrected chi connectivity index (χ0v) is 5.70. The molecule has 0 aromatic heterocycles. The second-order valence-electron chi connectivity index (χ2n) is 1.22. The molecule has 0 aromatic carbocycles. The van der Waals surface area contributed by atoms with Crippen LogP contribution in [-0.2, 0) is 11.1 Å². The van der Waals surface area contributed by atoms with Crippen molar-refractivity contribution in [2.75, 3.05) is 12.9 Å². The molecule has 0 saturated heterocycles. The predicted molar refractivity (Wildman–Crippen MR) is 33.2 cm³/mol. The van der Waals surface area contributed by atoms with Crippen molar-refractivity contribution in [3.63, 3.8) is 0 Å². The minimum atomic E-state index is -1.96. The van der Waals surface area contributed by atoms with E-state index < -0.39 is 17.1 Å². The highest BCUT2D eigenvalue weighted by atomic mass is 32.2. The lowest BCUT2D eigenvalue weighted by molar-refractivity contribution is 0.244. The Balaban J connectivity index is 3.28. The van der Waals surface area contributed by atoms with E-state index in [1.165, 1.54) is 7.05 Å². The van der Waals surface area contributed by atoms with Crippen LogP contribution in [0.2, 0.25) is 0 Å². The van der Waals surface area contributed by atoms with Gasteiger partial charge >= 0.3 is 6.03 Å². The zero-order chi connectivity index (χ0) is 7.28. The molecular weight excluding hydrogens is 144 g/mol. The first kappa shape index (κ1) is 8.38. The number of rotatable bonds is 2. The number of nitrogens with one attached hydrogen (secondary N) is 2. The van der Waals surface area contributed by atoms with E-state index in [1.807, 2.05) is 0 Å². The van der Waals surface area contributed by atoms with E-state index >= 15 is 0 Å². The summed E-state index contributed by atoms with van der Waals surface area (Å²) in [7, 11) is 1.43. The molecule has 2 amide bonds. The van der Waals surface area contributed by atoms with E-state index in [0.717, 1.165) is 0 Å². The van der Waals surface area contributed by atoms with Gasteiger partial charge in [-0.3, -0.25) is 0 Å². The van der Waals surface area contributed by atoms with Crippen LogP contribution in [0.5, 0.6) is 0 Å². The minimum Gasteiger partial charge on any atom is -0.341 e. The lowest BCUT2D eigenvalue weighted by atomic mass is 11.0. The third-order valence-corrected chi connectivity index (χ3v) is 0.975. The molecule has 0 saturated carbocycles. The van der Waals surface area contributed by atoms with Gasteiger partial charge in [-0.1, -0.05) is 0 Å². The smallest absolute Gasteiger partial charge is 0.315 e. The summed E-state index contributed by atoms with van der Waals surface area (Å²) < 4.78 is 18.0. The van der Waals surface area contributed by atoms with Gasteiger partial charge in [0.05, 0.1) is 0 Å². The maximum atomic E-state index is 10.2. The van der Waals surface area contributed by atoms with Crippen molar-refractivity contribution in [3.8, 4) is 0 Å². The van der Waals surface area contributed by atoms with Crippen LogP contribution in [0, 0.1) is 0 Å². The van der Waals surface area contributed by atoms with Crippen LogP contribution in [0.1, 0.15) is 0 Å². The van der Waals surface area contributed by atoms with E-state index in [1.54, 1.807) is 0 Å². The Labute approximate surface area is 55.1 Å². The van der Waals surface area contributed by atoms with Gasteiger partial charge in [-0.15, -0.1) is 0 Å². The molecule has 0 spiro atoms. The van der Waals surface area contributed by atoms with Crippen LogP contribution < -0.4 is 10.6 Å². The van der Waals surface area contributed by atoms with Gasteiger partial charge in [0.25, 0.3) is 0 Å². The van der Waals surface area contributed by atoms with E-state index in [4.69, 9.17) is 4.55 Å². The fourth-order valence-corrected chi connectivity index (χ4v) is 0.470. The second-order valence-corrected chi connectivity index (χ2v) is 2.15. The molecule has 0 heterocycles. The molecule has 1 atom stereocenters. The van der Waals surface area contributed by atoms with Gasteiger partial charge in [0.15, 0.2) is 11.1 Å². The van der Waals surface area contributed by atoms with Crippen molar-refractivity contribution in [2.45, 2.75) is 0 Å². The van der Waals surface area contributed by atoms with Crippen molar-refractivity contribution >= 4 is 17.1 Å². The van der Waals surface area contributed by atoms with Crippen LogP contribution in [0.3, 0.4) is 0 Å². The normalized spacial score (nSPS) is 12.2. The minimum absolute atomic E-state index is 0.236. The van der Waals surface area contributed by atoms with Crippen molar-refractivity contribution < 1.29 is 13.6 Å². The summed E-state index contributed by atoms with van der Waals surface area (Å²) in [6.07, 6.45) is 0. The molecule has 0 rings (SSSR count). The highest BCUT2D eigenvalue weighted by Gasteiger charge is 1.95. The zero-order valence-electron chi connectivity index (χ0n) is 4.88. The monoisotopic (exact) mass is 152 g/mol. The quantitative estimate of drug-likeness (QED) is 0.448. The molecule has 0 aliphatic heterocycles. The number of carbonyl (C=O) groups excluding carboxylic acids is 1. The Morgan fingerprint density at radius 3 is 2.67 bits per heavy atom. The summed E-state index contributed by atoms with van der Waals surface area (Å²) in [5.74, 6) is -0.236. The molecule has 5 nitrogen and oxygen atoms in total. The SMILES string of the molecule is CNC(=O)NCS(=O)O. The van der Waals surface area contributed by atoms with Crippen LogP contribution in [0.15, 0.2) is 0 Å².